The van der Waals surface area contributed by atoms with Crippen LogP contribution < -0.4 is 16.0 Å². The smallest absolute Gasteiger partial charge is 0.224 e. The molecule has 2 rings (SSSR count). The molecule has 1 unspecified atom stereocenters. The number of aromatic nitrogens is 2. The molecule has 0 spiro atoms. The molecular formula is C12H17N5OS. The summed E-state index contributed by atoms with van der Waals surface area (Å²) in [7, 11) is 3.54. The minimum absolute atomic E-state index is 0.00967. The van der Waals surface area contributed by atoms with Gasteiger partial charge in [0.15, 0.2) is 0 Å². The van der Waals surface area contributed by atoms with Crippen LogP contribution >= 0.6 is 11.3 Å². The third-order valence-electron chi connectivity index (χ3n) is 2.93. The standard InChI is InChI=1S/C12H17N5OS/c1-7(10(18)14-2)6-17(3)9-8-4-5-19-11(8)16-12(13)15-9/h4-5,7H,6H2,1-3H3,(H,14,18)(H2,13,15,16). The van der Waals surface area contributed by atoms with Crippen molar-refractivity contribution in [1.82, 2.24) is 15.3 Å². The van der Waals surface area contributed by atoms with Gasteiger partial charge in [-0.2, -0.15) is 4.98 Å². The zero-order valence-electron chi connectivity index (χ0n) is 11.2. The van der Waals surface area contributed by atoms with E-state index in [2.05, 4.69) is 15.3 Å². The van der Waals surface area contributed by atoms with Gasteiger partial charge in [-0.3, -0.25) is 4.79 Å². The van der Waals surface area contributed by atoms with Crippen molar-refractivity contribution in [1.29, 1.82) is 0 Å². The second-order valence-electron chi connectivity index (χ2n) is 4.44. The van der Waals surface area contributed by atoms with Crippen LogP contribution in [0.5, 0.6) is 0 Å². The number of carbonyl (C=O) groups is 1. The number of nitrogens with one attached hydrogen (secondary N) is 1. The topological polar surface area (TPSA) is 84.1 Å². The Labute approximate surface area is 115 Å². The van der Waals surface area contributed by atoms with E-state index in [1.54, 1.807) is 7.05 Å². The Hall–Kier alpha value is -1.89. The van der Waals surface area contributed by atoms with E-state index in [0.29, 0.717) is 6.54 Å². The Balaban J connectivity index is 2.28. The van der Waals surface area contributed by atoms with E-state index in [9.17, 15) is 4.79 Å². The number of nitrogens with two attached hydrogens (primary N) is 1. The molecule has 0 aliphatic carbocycles. The van der Waals surface area contributed by atoms with Crippen molar-refractivity contribution in [2.24, 2.45) is 5.92 Å². The number of nitrogens with zero attached hydrogens (tertiary/aromatic N) is 3. The summed E-state index contributed by atoms with van der Waals surface area (Å²) in [5.41, 5.74) is 5.72. The number of anilines is 2. The minimum Gasteiger partial charge on any atom is -0.368 e. The highest BCUT2D eigenvalue weighted by atomic mass is 32.1. The van der Waals surface area contributed by atoms with Crippen LogP contribution in [0.15, 0.2) is 11.4 Å². The monoisotopic (exact) mass is 279 g/mol. The normalized spacial score (nSPS) is 12.4. The summed E-state index contributed by atoms with van der Waals surface area (Å²) >= 11 is 1.53. The van der Waals surface area contributed by atoms with Crippen LogP contribution in [0.4, 0.5) is 11.8 Å². The molecule has 0 radical (unpaired) electrons. The van der Waals surface area contributed by atoms with E-state index in [-0.39, 0.29) is 17.8 Å². The molecule has 6 nitrogen and oxygen atoms in total. The Morgan fingerprint density at radius 2 is 2.32 bits per heavy atom. The van der Waals surface area contributed by atoms with Gasteiger partial charge < -0.3 is 16.0 Å². The maximum absolute atomic E-state index is 11.6. The van der Waals surface area contributed by atoms with Gasteiger partial charge in [0.25, 0.3) is 0 Å². The lowest BCUT2D eigenvalue weighted by Crippen LogP contribution is -2.34. The molecule has 0 fully saturated rings. The van der Waals surface area contributed by atoms with Crippen molar-refractivity contribution in [2.75, 3.05) is 31.3 Å². The molecule has 0 saturated carbocycles. The van der Waals surface area contributed by atoms with Gasteiger partial charge in [-0.05, 0) is 11.4 Å². The molecular weight excluding hydrogens is 262 g/mol. The average Bonchev–Trinajstić information content (AvgIpc) is 2.84. The second-order valence-corrected chi connectivity index (χ2v) is 5.34. The summed E-state index contributed by atoms with van der Waals surface area (Å²) < 4.78 is 0. The SMILES string of the molecule is CNC(=O)C(C)CN(C)c1nc(N)nc2sccc12. The highest BCUT2D eigenvalue weighted by Gasteiger charge is 2.17. The molecule has 1 amide bonds. The van der Waals surface area contributed by atoms with E-state index in [1.165, 1.54) is 11.3 Å². The van der Waals surface area contributed by atoms with E-state index in [1.807, 2.05) is 30.3 Å². The van der Waals surface area contributed by atoms with Crippen molar-refractivity contribution in [2.45, 2.75) is 6.92 Å². The second kappa shape index (κ2) is 5.40. The fourth-order valence-electron chi connectivity index (χ4n) is 1.97. The number of amides is 1. The van der Waals surface area contributed by atoms with Crippen molar-refractivity contribution >= 4 is 39.2 Å². The molecule has 7 heteroatoms. The molecule has 0 bridgehead atoms. The van der Waals surface area contributed by atoms with E-state index < -0.39 is 0 Å². The van der Waals surface area contributed by atoms with Crippen molar-refractivity contribution < 1.29 is 4.79 Å². The summed E-state index contributed by atoms with van der Waals surface area (Å²) in [6.07, 6.45) is 0. The first-order valence-corrected chi connectivity index (χ1v) is 6.84. The van der Waals surface area contributed by atoms with Gasteiger partial charge in [0.05, 0.1) is 11.3 Å². The first kappa shape index (κ1) is 13.5. The molecule has 0 saturated heterocycles. The van der Waals surface area contributed by atoms with Crippen LogP contribution in [0.1, 0.15) is 6.92 Å². The fourth-order valence-corrected chi connectivity index (χ4v) is 2.74. The Bertz CT molecular complexity index is 597. The third-order valence-corrected chi connectivity index (χ3v) is 3.73. The Kier molecular flexibility index (Phi) is 3.84. The summed E-state index contributed by atoms with van der Waals surface area (Å²) in [5, 5.41) is 5.56. The summed E-state index contributed by atoms with van der Waals surface area (Å²) in [4.78, 5) is 22.8. The lowest BCUT2D eigenvalue weighted by molar-refractivity contribution is -0.123. The van der Waals surface area contributed by atoms with Crippen LogP contribution in [-0.4, -0.2) is 36.5 Å². The first-order valence-electron chi connectivity index (χ1n) is 5.96. The summed E-state index contributed by atoms with van der Waals surface area (Å²) in [6, 6.07) is 1.97. The molecule has 3 N–H and O–H groups in total. The molecule has 2 aromatic heterocycles. The molecule has 0 aliphatic rings. The van der Waals surface area contributed by atoms with Gasteiger partial charge >= 0.3 is 0 Å². The largest absolute Gasteiger partial charge is 0.368 e. The summed E-state index contributed by atoms with van der Waals surface area (Å²) in [5.74, 6) is 0.902. The highest BCUT2D eigenvalue weighted by molar-refractivity contribution is 7.16. The number of hydrogen-bond acceptors (Lipinski definition) is 6. The van der Waals surface area contributed by atoms with E-state index in [4.69, 9.17) is 5.73 Å². The maximum atomic E-state index is 11.6. The third kappa shape index (κ3) is 2.76. The van der Waals surface area contributed by atoms with Crippen LogP contribution in [0.2, 0.25) is 0 Å². The number of thiophene rings is 1. The van der Waals surface area contributed by atoms with Gasteiger partial charge in [-0.15, -0.1) is 11.3 Å². The van der Waals surface area contributed by atoms with Crippen LogP contribution in [-0.2, 0) is 4.79 Å². The van der Waals surface area contributed by atoms with Gasteiger partial charge in [0, 0.05) is 20.6 Å². The van der Waals surface area contributed by atoms with Crippen molar-refractivity contribution in [3.63, 3.8) is 0 Å². The van der Waals surface area contributed by atoms with Crippen LogP contribution in [0.3, 0.4) is 0 Å². The Morgan fingerprint density at radius 3 is 3.00 bits per heavy atom. The maximum Gasteiger partial charge on any atom is 0.224 e. The highest BCUT2D eigenvalue weighted by Crippen LogP contribution is 2.28. The molecule has 1 atom stereocenters. The zero-order chi connectivity index (χ0) is 14.0. The van der Waals surface area contributed by atoms with Gasteiger partial charge in [0.2, 0.25) is 11.9 Å². The molecule has 2 aromatic rings. The predicted molar refractivity (Wildman–Crippen MR) is 78.3 cm³/mol. The minimum atomic E-state index is -0.125. The molecule has 102 valence electrons. The lowest BCUT2D eigenvalue weighted by Gasteiger charge is -2.22. The molecule has 2 heterocycles. The van der Waals surface area contributed by atoms with Gasteiger partial charge in [-0.25, -0.2) is 4.98 Å². The number of carbonyl (C=O) groups excluding carboxylic acids is 1. The van der Waals surface area contributed by atoms with Crippen LogP contribution in [0, 0.1) is 5.92 Å². The average molecular weight is 279 g/mol. The number of fused-ring (bicyclic) bond motifs is 1. The molecule has 0 aromatic carbocycles. The molecule has 19 heavy (non-hydrogen) atoms. The lowest BCUT2D eigenvalue weighted by atomic mass is 10.1. The van der Waals surface area contributed by atoms with E-state index in [0.717, 1.165) is 16.0 Å². The van der Waals surface area contributed by atoms with Crippen molar-refractivity contribution in [3.05, 3.63) is 11.4 Å². The van der Waals surface area contributed by atoms with Crippen LogP contribution in [0.25, 0.3) is 10.2 Å². The molecule has 0 aliphatic heterocycles. The first-order chi connectivity index (χ1) is 9.02. The number of hydrogen-bond donors (Lipinski definition) is 2. The predicted octanol–water partition coefficient (Wildman–Crippen LogP) is 1.09. The van der Waals surface area contributed by atoms with Gasteiger partial charge in [0.1, 0.15) is 10.6 Å². The zero-order valence-corrected chi connectivity index (χ0v) is 12.0. The quantitative estimate of drug-likeness (QED) is 0.875. The Morgan fingerprint density at radius 1 is 1.58 bits per heavy atom. The number of rotatable bonds is 4. The number of nitrogen functional groups attached to an aromatic ring is 1. The van der Waals surface area contributed by atoms with E-state index >= 15 is 0 Å². The fraction of sp³-hybridized carbons (Fsp3) is 0.417. The summed E-state index contributed by atoms with van der Waals surface area (Å²) in [6.45, 7) is 2.45. The van der Waals surface area contributed by atoms with Gasteiger partial charge in [-0.1, -0.05) is 6.92 Å². The van der Waals surface area contributed by atoms with Crippen molar-refractivity contribution in [3.8, 4) is 0 Å².